The second kappa shape index (κ2) is 5.85. The molecule has 1 aromatic rings. The molecule has 1 saturated carbocycles. The van der Waals surface area contributed by atoms with E-state index in [0.29, 0.717) is 18.9 Å². The number of hydrogen-bond donors (Lipinski definition) is 1. The molecule has 1 unspecified atom stereocenters. The van der Waals surface area contributed by atoms with Crippen molar-refractivity contribution in [1.29, 1.82) is 0 Å². The van der Waals surface area contributed by atoms with Crippen molar-refractivity contribution in [1.82, 2.24) is 4.90 Å². The SMILES string of the molecule is CN(CC1CC(O)C1)C(=O)C1CC(c2ccccc2)=NO1. The summed E-state index contributed by atoms with van der Waals surface area (Å²) in [5.74, 6) is 0.371. The van der Waals surface area contributed by atoms with Gasteiger partial charge in [0.05, 0.1) is 11.8 Å². The third-order valence-corrected chi connectivity index (χ3v) is 4.17. The summed E-state index contributed by atoms with van der Waals surface area (Å²) in [4.78, 5) is 19.3. The van der Waals surface area contributed by atoms with Crippen LogP contribution in [-0.4, -0.2) is 47.4 Å². The Balaban J connectivity index is 1.53. The molecule has 1 aliphatic carbocycles. The van der Waals surface area contributed by atoms with Crippen LogP contribution in [0.25, 0.3) is 0 Å². The van der Waals surface area contributed by atoms with E-state index in [4.69, 9.17) is 4.84 Å². The zero-order valence-electron chi connectivity index (χ0n) is 12.1. The number of aliphatic hydroxyl groups is 1. The lowest BCUT2D eigenvalue weighted by Crippen LogP contribution is -2.43. The maximum atomic E-state index is 12.3. The number of hydrogen-bond acceptors (Lipinski definition) is 4. The van der Waals surface area contributed by atoms with Crippen molar-refractivity contribution < 1.29 is 14.7 Å². The van der Waals surface area contributed by atoms with Crippen molar-refractivity contribution >= 4 is 11.6 Å². The quantitative estimate of drug-likeness (QED) is 0.911. The molecular weight excluding hydrogens is 268 g/mol. The number of likely N-dealkylation sites (N-methyl/N-ethyl adjacent to an activating group) is 1. The monoisotopic (exact) mass is 288 g/mol. The molecule has 21 heavy (non-hydrogen) atoms. The van der Waals surface area contributed by atoms with E-state index in [1.54, 1.807) is 11.9 Å². The highest BCUT2D eigenvalue weighted by Crippen LogP contribution is 2.28. The zero-order chi connectivity index (χ0) is 14.8. The summed E-state index contributed by atoms with van der Waals surface area (Å²) in [6.45, 7) is 0.677. The Morgan fingerprint density at radius 3 is 2.76 bits per heavy atom. The van der Waals surface area contributed by atoms with Crippen LogP contribution < -0.4 is 0 Å². The van der Waals surface area contributed by atoms with Crippen molar-refractivity contribution in [3.8, 4) is 0 Å². The Morgan fingerprint density at radius 1 is 1.38 bits per heavy atom. The molecule has 112 valence electrons. The predicted molar refractivity (Wildman–Crippen MR) is 78.8 cm³/mol. The van der Waals surface area contributed by atoms with Gasteiger partial charge in [0.1, 0.15) is 0 Å². The number of amides is 1. The van der Waals surface area contributed by atoms with Gasteiger partial charge in [-0.1, -0.05) is 35.5 Å². The van der Waals surface area contributed by atoms with Gasteiger partial charge in [-0.05, 0) is 24.3 Å². The molecule has 1 fully saturated rings. The summed E-state index contributed by atoms with van der Waals surface area (Å²) in [6.07, 6.45) is 1.38. The van der Waals surface area contributed by atoms with Crippen LogP contribution in [0.1, 0.15) is 24.8 Å². The molecule has 1 amide bonds. The van der Waals surface area contributed by atoms with Gasteiger partial charge in [0.2, 0.25) is 6.10 Å². The number of benzene rings is 1. The minimum Gasteiger partial charge on any atom is -0.393 e. The van der Waals surface area contributed by atoms with Crippen LogP contribution in [-0.2, 0) is 9.63 Å². The van der Waals surface area contributed by atoms with Crippen molar-refractivity contribution in [2.45, 2.75) is 31.5 Å². The minimum atomic E-state index is -0.518. The van der Waals surface area contributed by atoms with Gasteiger partial charge in [-0.3, -0.25) is 4.79 Å². The van der Waals surface area contributed by atoms with Gasteiger partial charge in [-0.2, -0.15) is 0 Å². The molecule has 0 aromatic heterocycles. The Hall–Kier alpha value is -1.88. The largest absolute Gasteiger partial charge is 0.393 e. The highest BCUT2D eigenvalue weighted by molar-refractivity contribution is 6.04. The van der Waals surface area contributed by atoms with Crippen LogP contribution in [0.4, 0.5) is 0 Å². The van der Waals surface area contributed by atoms with Crippen LogP contribution in [0.5, 0.6) is 0 Å². The second-order valence-corrected chi connectivity index (χ2v) is 5.91. The van der Waals surface area contributed by atoms with E-state index < -0.39 is 6.10 Å². The second-order valence-electron chi connectivity index (χ2n) is 5.91. The number of carbonyl (C=O) groups excluding carboxylic acids is 1. The van der Waals surface area contributed by atoms with Crippen LogP contribution in [0.3, 0.4) is 0 Å². The first kappa shape index (κ1) is 14.1. The Bertz CT molecular complexity index is 538. The fraction of sp³-hybridized carbons (Fsp3) is 0.500. The van der Waals surface area contributed by atoms with Gasteiger partial charge in [0, 0.05) is 20.0 Å². The Labute approximate surface area is 124 Å². The highest BCUT2D eigenvalue weighted by Gasteiger charge is 2.34. The zero-order valence-corrected chi connectivity index (χ0v) is 12.1. The molecule has 1 atom stereocenters. The van der Waals surface area contributed by atoms with Crippen molar-refractivity contribution in [3.05, 3.63) is 35.9 Å². The maximum absolute atomic E-state index is 12.3. The minimum absolute atomic E-state index is 0.0360. The van der Waals surface area contributed by atoms with Crippen molar-refractivity contribution in [2.24, 2.45) is 11.1 Å². The first-order chi connectivity index (χ1) is 10.1. The van der Waals surface area contributed by atoms with Gasteiger partial charge < -0.3 is 14.8 Å². The first-order valence-electron chi connectivity index (χ1n) is 7.34. The van der Waals surface area contributed by atoms with E-state index in [0.717, 1.165) is 24.1 Å². The number of carbonyl (C=O) groups is 1. The van der Waals surface area contributed by atoms with Crippen molar-refractivity contribution in [3.63, 3.8) is 0 Å². The molecule has 3 rings (SSSR count). The van der Waals surface area contributed by atoms with Crippen LogP contribution in [0.2, 0.25) is 0 Å². The third-order valence-electron chi connectivity index (χ3n) is 4.17. The standard InChI is InChI=1S/C16H20N2O3/c1-18(10-11-7-13(19)8-11)16(20)15-9-14(17-21-15)12-5-3-2-4-6-12/h2-6,11,13,15,19H,7-10H2,1H3. The summed E-state index contributed by atoms with van der Waals surface area (Å²) in [7, 11) is 1.79. The van der Waals surface area contributed by atoms with Gasteiger partial charge in [0.25, 0.3) is 5.91 Å². The van der Waals surface area contributed by atoms with Crippen LogP contribution in [0, 0.1) is 5.92 Å². The molecule has 5 heteroatoms. The fourth-order valence-electron chi connectivity index (χ4n) is 2.88. The van der Waals surface area contributed by atoms with Gasteiger partial charge in [0.15, 0.2) is 0 Å². The van der Waals surface area contributed by atoms with E-state index in [9.17, 15) is 9.90 Å². The summed E-state index contributed by atoms with van der Waals surface area (Å²) in [5, 5.41) is 13.3. The summed E-state index contributed by atoms with van der Waals surface area (Å²) in [5.41, 5.74) is 1.82. The molecule has 1 aliphatic heterocycles. The molecule has 1 N–H and O–H groups in total. The average Bonchev–Trinajstić information content (AvgIpc) is 2.95. The van der Waals surface area contributed by atoms with Crippen molar-refractivity contribution in [2.75, 3.05) is 13.6 Å². The lowest BCUT2D eigenvalue weighted by molar-refractivity contribution is -0.142. The molecule has 0 radical (unpaired) electrons. The molecule has 2 aliphatic rings. The normalized spacial score (nSPS) is 27.5. The fourth-order valence-corrected chi connectivity index (χ4v) is 2.88. The maximum Gasteiger partial charge on any atom is 0.266 e. The number of rotatable bonds is 4. The first-order valence-corrected chi connectivity index (χ1v) is 7.34. The van der Waals surface area contributed by atoms with E-state index >= 15 is 0 Å². The molecule has 0 bridgehead atoms. The topological polar surface area (TPSA) is 62.1 Å². The molecule has 1 aromatic carbocycles. The molecule has 0 spiro atoms. The van der Waals surface area contributed by atoms with E-state index in [-0.39, 0.29) is 12.0 Å². The average molecular weight is 288 g/mol. The highest BCUT2D eigenvalue weighted by atomic mass is 16.6. The van der Waals surface area contributed by atoms with E-state index in [1.165, 1.54) is 0 Å². The van der Waals surface area contributed by atoms with E-state index in [2.05, 4.69) is 5.16 Å². The van der Waals surface area contributed by atoms with Gasteiger partial charge in [-0.15, -0.1) is 0 Å². The lowest BCUT2D eigenvalue weighted by atomic mass is 9.82. The number of nitrogens with zero attached hydrogens (tertiary/aromatic N) is 2. The predicted octanol–water partition coefficient (Wildman–Crippen LogP) is 1.41. The molecule has 1 heterocycles. The third kappa shape index (κ3) is 3.08. The Kier molecular flexibility index (Phi) is 3.92. The number of oxime groups is 1. The smallest absolute Gasteiger partial charge is 0.266 e. The molecule has 0 saturated heterocycles. The molecule has 5 nitrogen and oxygen atoms in total. The summed E-state index contributed by atoms with van der Waals surface area (Å²) in [6, 6.07) is 9.77. The summed E-state index contributed by atoms with van der Waals surface area (Å²) >= 11 is 0. The van der Waals surface area contributed by atoms with Gasteiger partial charge >= 0.3 is 0 Å². The van der Waals surface area contributed by atoms with Gasteiger partial charge in [-0.25, -0.2) is 0 Å². The summed E-state index contributed by atoms with van der Waals surface area (Å²) < 4.78 is 0. The molecular formula is C16H20N2O3. The van der Waals surface area contributed by atoms with Crippen LogP contribution in [0.15, 0.2) is 35.5 Å². The van der Waals surface area contributed by atoms with Crippen LogP contribution >= 0.6 is 0 Å². The van der Waals surface area contributed by atoms with E-state index in [1.807, 2.05) is 30.3 Å². The lowest BCUT2D eigenvalue weighted by Gasteiger charge is -2.34. The number of aliphatic hydroxyl groups excluding tert-OH is 1. The Morgan fingerprint density at radius 2 is 2.10 bits per heavy atom.